The molecule has 0 spiro atoms. The van der Waals surface area contributed by atoms with E-state index in [-0.39, 0.29) is 18.5 Å². The van der Waals surface area contributed by atoms with Crippen molar-refractivity contribution in [2.45, 2.75) is 6.54 Å². The van der Waals surface area contributed by atoms with Gasteiger partial charge in [0.1, 0.15) is 18.9 Å². The van der Waals surface area contributed by atoms with E-state index in [0.29, 0.717) is 29.6 Å². The fourth-order valence-electron chi connectivity index (χ4n) is 2.88. The van der Waals surface area contributed by atoms with Gasteiger partial charge in [0.25, 0.3) is 0 Å². The number of anilines is 1. The first kappa shape index (κ1) is 21.5. The lowest BCUT2D eigenvalue weighted by molar-refractivity contribution is -0.129. The molecule has 0 saturated heterocycles. The number of rotatable bonds is 7. The van der Waals surface area contributed by atoms with Gasteiger partial charge in [-0.1, -0.05) is 17.7 Å². The highest BCUT2D eigenvalue weighted by molar-refractivity contribution is 6.30. The number of carbonyl (C=O) groups is 2. The Bertz CT molecular complexity index is 1050. The highest BCUT2D eigenvalue weighted by atomic mass is 35.5. The quantitative estimate of drug-likeness (QED) is 0.620. The third kappa shape index (κ3) is 5.45. The average Bonchev–Trinajstić information content (AvgIpc) is 3.09. The van der Waals surface area contributed by atoms with Crippen LogP contribution in [0.15, 0.2) is 54.7 Å². The van der Waals surface area contributed by atoms with E-state index in [9.17, 15) is 9.59 Å². The fraction of sp³-hybridized carbons (Fsp3) is 0.273. The van der Waals surface area contributed by atoms with Crippen molar-refractivity contribution in [2.24, 2.45) is 0 Å². The normalized spacial score (nSPS) is 10.7. The zero-order chi connectivity index (χ0) is 21.7. The molecule has 1 aromatic heterocycles. The molecule has 0 aliphatic carbocycles. The van der Waals surface area contributed by atoms with Gasteiger partial charge in [-0.25, -0.2) is 4.79 Å². The maximum absolute atomic E-state index is 12.5. The maximum atomic E-state index is 12.5. The minimum Gasteiger partial charge on any atom is -0.492 e. The van der Waals surface area contributed by atoms with Crippen LogP contribution in [0.25, 0.3) is 10.9 Å². The summed E-state index contributed by atoms with van der Waals surface area (Å²) >= 11 is 5.93. The van der Waals surface area contributed by atoms with E-state index in [1.807, 2.05) is 47.2 Å². The predicted molar refractivity (Wildman–Crippen MR) is 119 cm³/mol. The smallest absolute Gasteiger partial charge is 0.321 e. The van der Waals surface area contributed by atoms with Gasteiger partial charge in [0.05, 0.1) is 6.54 Å². The number of ether oxygens (including phenoxy) is 1. The number of carbonyl (C=O) groups excluding carboxylic acids is 2. The summed E-state index contributed by atoms with van der Waals surface area (Å²) in [5.74, 6) is 0.686. The van der Waals surface area contributed by atoms with E-state index in [1.165, 1.54) is 0 Å². The van der Waals surface area contributed by atoms with Gasteiger partial charge >= 0.3 is 6.03 Å². The molecule has 3 amide bonds. The van der Waals surface area contributed by atoms with E-state index in [2.05, 4.69) is 5.32 Å². The van der Waals surface area contributed by atoms with Crippen molar-refractivity contribution in [2.75, 3.05) is 39.6 Å². The Morgan fingerprint density at radius 2 is 1.90 bits per heavy atom. The minimum atomic E-state index is -0.230. The molecular formula is C22H25ClN4O3. The molecular weight excluding hydrogens is 404 g/mol. The number of aromatic nitrogens is 1. The van der Waals surface area contributed by atoms with Crippen molar-refractivity contribution >= 4 is 40.1 Å². The standard InChI is InChI=1S/C22H25ClN4O3/c1-25(2)21(28)15-27-10-9-16-13-18(7-8-20(16)27)24-22(29)26(3)11-12-30-19-6-4-5-17(23)14-19/h4-10,13-14H,11-12,15H2,1-3H3,(H,24,29). The van der Waals surface area contributed by atoms with Crippen LogP contribution < -0.4 is 10.1 Å². The van der Waals surface area contributed by atoms with Gasteiger partial charge in [-0.15, -0.1) is 0 Å². The van der Waals surface area contributed by atoms with Gasteiger partial charge in [0, 0.05) is 49.0 Å². The summed E-state index contributed by atoms with van der Waals surface area (Å²) < 4.78 is 7.52. The molecule has 1 heterocycles. The van der Waals surface area contributed by atoms with Gasteiger partial charge in [-0.3, -0.25) is 4.79 Å². The van der Waals surface area contributed by atoms with Crippen LogP contribution in [0.1, 0.15) is 0 Å². The first-order valence-electron chi connectivity index (χ1n) is 9.53. The minimum absolute atomic E-state index is 0.0199. The van der Waals surface area contributed by atoms with E-state index < -0.39 is 0 Å². The molecule has 2 aromatic carbocycles. The Morgan fingerprint density at radius 3 is 2.63 bits per heavy atom. The van der Waals surface area contributed by atoms with Crippen molar-refractivity contribution in [3.05, 3.63) is 59.8 Å². The predicted octanol–water partition coefficient (Wildman–Crippen LogP) is 3.93. The van der Waals surface area contributed by atoms with Crippen LogP contribution >= 0.6 is 11.6 Å². The van der Waals surface area contributed by atoms with Gasteiger partial charge in [0.15, 0.2) is 0 Å². The molecule has 7 nitrogen and oxygen atoms in total. The maximum Gasteiger partial charge on any atom is 0.321 e. The summed E-state index contributed by atoms with van der Waals surface area (Å²) in [4.78, 5) is 27.5. The Balaban J connectivity index is 1.55. The van der Waals surface area contributed by atoms with Crippen LogP contribution in [0.3, 0.4) is 0 Å². The van der Waals surface area contributed by atoms with Crippen LogP contribution in [0.2, 0.25) is 5.02 Å². The van der Waals surface area contributed by atoms with Crippen molar-refractivity contribution < 1.29 is 14.3 Å². The first-order chi connectivity index (χ1) is 14.3. The van der Waals surface area contributed by atoms with Gasteiger partial charge in [0.2, 0.25) is 5.91 Å². The first-order valence-corrected chi connectivity index (χ1v) is 9.91. The number of fused-ring (bicyclic) bond motifs is 1. The lowest BCUT2D eigenvalue weighted by Gasteiger charge is -2.18. The highest BCUT2D eigenvalue weighted by Crippen LogP contribution is 2.21. The number of nitrogens with zero attached hydrogens (tertiary/aromatic N) is 3. The molecule has 0 aliphatic rings. The van der Waals surface area contributed by atoms with E-state index in [0.717, 1.165) is 10.9 Å². The van der Waals surface area contributed by atoms with Gasteiger partial charge in [-0.05, 0) is 42.5 Å². The Morgan fingerprint density at radius 1 is 1.10 bits per heavy atom. The summed E-state index contributed by atoms with van der Waals surface area (Å²) in [6.45, 7) is 1.05. The second kappa shape index (κ2) is 9.54. The zero-order valence-electron chi connectivity index (χ0n) is 17.3. The summed E-state index contributed by atoms with van der Waals surface area (Å²) in [7, 11) is 5.18. The molecule has 0 saturated carbocycles. The third-order valence-corrected chi connectivity index (χ3v) is 4.90. The van der Waals surface area contributed by atoms with E-state index in [1.54, 1.807) is 43.1 Å². The van der Waals surface area contributed by atoms with Gasteiger partial charge in [-0.2, -0.15) is 0 Å². The number of amides is 3. The van der Waals surface area contributed by atoms with Crippen molar-refractivity contribution in [1.29, 1.82) is 0 Å². The number of benzene rings is 2. The van der Waals surface area contributed by atoms with Crippen LogP contribution in [-0.4, -0.2) is 60.6 Å². The van der Waals surface area contributed by atoms with Gasteiger partial charge < -0.3 is 24.4 Å². The summed E-state index contributed by atoms with van der Waals surface area (Å²) in [5.41, 5.74) is 1.62. The lowest BCUT2D eigenvalue weighted by atomic mass is 10.2. The van der Waals surface area contributed by atoms with Crippen molar-refractivity contribution in [1.82, 2.24) is 14.4 Å². The second-order valence-corrected chi connectivity index (χ2v) is 7.60. The highest BCUT2D eigenvalue weighted by Gasteiger charge is 2.11. The Labute approximate surface area is 180 Å². The Kier molecular flexibility index (Phi) is 6.84. The molecule has 0 bridgehead atoms. The van der Waals surface area contributed by atoms with Crippen LogP contribution in [0, 0.1) is 0 Å². The van der Waals surface area contributed by atoms with Crippen molar-refractivity contribution in [3.8, 4) is 5.75 Å². The van der Waals surface area contributed by atoms with Crippen LogP contribution in [0.5, 0.6) is 5.75 Å². The van der Waals surface area contributed by atoms with E-state index >= 15 is 0 Å². The third-order valence-electron chi connectivity index (χ3n) is 4.66. The second-order valence-electron chi connectivity index (χ2n) is 7.16. The molecule has 30 heavy (non-hydrogen) atoms. The molecule has 0 fully saturated rings. The molecule has 0 atom stereocenters. The van der Waals surface area contributed by atoms with E-state index in [4.69, 9.17) is 16.3 Å². The van der Waals surface area contributed by atoms with Crippen LogP contribution in [0.4, 0.5) is 10.5 Å². The molecule has 0 radical (unpaired) electrons. The molecule has 0 unspecified atom stereocenters. The monoisotopic (exact) mass is 428 g/mol. The fourth-order valence-corrected chi connectivity index (χ4v) is 3.06. The average molecular weight is 429 g/mol. The lowest BCUT2D eigenvalue weighted by Crippen LogP contribution is -2.34. The summed E-state index contributed by atoms with van der Waals surface area (Å²) in [5, 5.41) is 4.44. The number of urea groups is 1. The summed E-state index contributed by atoms with van der Waals surface area (Å²) in [6, 6.07) is 14.5. The zero-order valence-corrected chi connectivity index (χ0v) is 18.0. The number of nitrogens with one attached hydrogen (secondary N) is 1. The topological polar surface area (TPSA) is 66.8 Å². The van der Waals surface area contributed by atoms with Crippen molar-refractivity contribution in [3.63, 3.8) is 0 Å². The number of likely N-dealkylation sites (N-methyl/N-ethyl adjacent to an activating group) is 2. The number of hydrogen-bond donors (Lipinski definition) is 1. The van der Waals surface area contributed by atoms with Crippen LogP contribution in [-0.2, 0) is 11.3 Å². The number of hydrogen-bond acceptors (Lipinski definition) is 3. The molecule has 3 rings (SSSR count). The largest absolute Gasteiger partial charge is 0.492 e. The Hall–Kier alpha value is -3.19. The molecule has 1 N–H and O–H groups in total. The molecule has 3 aromatic rings. The molecule has 0 aliphatic heterocycles. The molecule has 158 valence electrons. The number of halogens is 1. The molecule has 8 heteroatoms. The summed E-state index contributed by atoms with van der Waals surface area (Å²) in [6.07, 6.45) is 1.87. The SMILES string of the molecule is CN(C)C(=O)Cn1ccc2cc(NC(=O)N(C)CCOc3cccc(Cl)c3)ccc21.